The number of hydrogen-bond acceptors (Lipinski definition) is 3. The molecule has 1 aromatic carbocycles. The Kier molecular flexibility index (Phi) is 6.96. The first-order chi connectivity index (χ1) is 10.7. The summed E-state index contributed by atoms with van der Waals surface area (Å²) in [5, 5.41) is 5.26. The molecule has 0 aliphatic rings. The molecule has 2 N–H and O–H groups in total. The third kappa shape index (κ3) is 8.77. The summed E-state index contributed by atoms with van der Waals surface area (Å²) < 4.78 is 17.7. The van der Waals surface area contributed by atoms with Gasteiger partial charge in [0.05, 0.1) is 6.34 Å². The van der Waals surface area contributed by atoms with E-state index < -0.39 is 18.0 Å². The van der Waals surface area contributed by atoms with Gasteiger partial charge in [0.25, 0.3) is 0 Å². The average molecular weight is 343 g/mol. The highest BCUT2D eigenvalue weighted by atomic mass is 35.5. The Morgan fingerprint density at radius 2 is 2.04 bits per heavy atom. The van der Waals surface area contributed by atoms with Gasteiger partial charge in [0.15, 0.2) is 6.30 Å². The molecule has 126 valence electrons. The van der Waals surface area contributed by atoms with E-state index in [1.807, 2.05) is 0 Å². The molecule has 1 amide bonds. The number of carbonyl (C=O) groups excluding carboxylic acids is 1. The summed E-state index contributed by atoms with van der Waals surface area (Å²) in [5.74, 6) is 0. The van der Waals surface area contributed by atoms with Crippen molar-refractivity contribution in [1.29, 1.82) is 0 Å². The third-order valence-electron chi connectivity index (χ3n) is 2.19. The second kappa shape index (κ2) is 8.47. The number of nitrogens with zero attached hydrogens (tertiary/aromatic N) is 2. The van der Waals surface area contributed by atoms with E-state index in [0.29, 0.717) is 11.4 Å². The molecule has 1 atom stereocenters. The van der Waals surface area contributed by atoms with E-state index in [2.05, 4.69) is 20.6 Å². The Labute approximate surface area is 139 Å². The van der Waals surface area contributed by atoms with Crippen LogP contribution in [0.15, 0.2) is 34.3 Å². The molecule has 0 aliphatic heterocycles. The minimum atomic E-state index is -1.42. The Hall–Kier alpha value is -2.15. The number of ether oxygens (including phenoxy) is 1. The van der Waals surface area contributed by atoms with Crippen molar-refractivity contribution in [2.75, 3.05) is 10.6 Å². The Bertz CT molecular complexity index is 597. The molecule has 0 aliphatic carbocycles. The average Bonchev–Trinajstić information content (AvgIpc) is 2.35. The molecule has 6 nitrogen and oxygen atoms in total. The predicted octanol–water partition coefficient (Wildman–Crippen LogP) is 4.38. The lowest BCUT2D eigenvalue weighted by molar-refractivity contribution is 0.0636. The summed E-state index contributed by atoms with van der Waals surface area (Å²) in [7, 11) is 0. The highest BCUT2D eigenvalue weighted by Gasteiger charge is 2.16. The fraction of sp³-hybridized carbons (Fsp3) is 0.400. The van der Waals surface area contributed by atoms with Crippen LogP contribution in [-0.4, -0.2) is 29.6 Å². The molecule has 1 aromatic rings. The van der Waals surface area contributed by atoms with Gasteiger partial charge in [0.1, 0.15) is 5.60 Å². The number of halogens is 2. The monoisotopic (exact) mass is 342 g/mol. The van der Waals surface area contributed by atoms with Crippen molar-refractivity contribution >= 4 is 40.7 Å². The lowest BCUT2D eigenvalue weighted by Crippen LogP contribution is -2.27. The van der Waals surface area contributed by atoms with E-state index in [-0.39, 0.29) is 5.29 Å². The smallest absolute Gasteiger partial charge is 0.412 e. The van der Waals surface area contributed by atoms with E-state index in [1.54, 1.807) is 45.0 Å². The number of alkyl halides is 1. The quantitative estimate of drug-likeness (QED) is 0.484. The molecule has 23 heavy (non-hydrogen) atoms. The number of hydrogen-bond donors (Lipinski definition) is 2. The van der Waals surface area contributed by atoms with Crippen LogP contribution in [0.3, 0.4) is 0 Å². The number of benzene rings is 1. The van der Waals surface area contributed by atoms with Gasteiger partial charge in [-0.2, -0.15) is 0 Å². The minimum Gasteiger partial charge on any atom is -0.444 e. The van der Waals surface area contributed by atoms with Crippen LogP contribution in [0.2, 0.25) is 0 Å². The van der Waals surface area contributed by atoms with Crippen LogP contribution < -0.4 is 10.6 Å². The third-order valence-corrected chi connectivity index (χ3v) is 2.39. The largest absolute Gasteiger partial charge is 0.444 e. The van der Waals surface area contributed by atoms with E-state index in [4.69, 9.17) is 16.3 Å². The van der Waals surface area contributed by atoms with Crippen LogP contribution in [0.25, 0.3) is 0 Å². The zero-order valence-electron chi connectivity index (χ0n) is 13.4. The normalized spacial score (nSPS) is 13.7. The molecule has 0 aromatic heterocycles. The van der Waals surface area contributed by atoms with Gasteiger partial charge in [-0.3, -0.25) is 5.32 Å². The maximum Gasteiger partial charge on any atom is 0.412 e. The molecule has 0 spiro atoms. The van der Waals surface area contributed by atoms with Crippen LogP contribution in [0.1, 0.15) is 27.7 Å². The van der Waals surface area contributed by atoms with Gasteiger partial charge in [-0.05, 0) is 57.5 Å². The maximum absolute atomic E-state index is 12.6. The van der Waals surface area contributed by atoms with Crippen molar-refractivity contribution in [3.63, 3.8) is 0 Å². The van der Waals surface area contributed by atoms with Crippen molar-refractivity contribution in [3.8, 4) is 0 Å². The van der Waals surface area contributed by atoms with Crippen molar-refractivity contribution in [3.05, 3.63) is 24.3 Å². The van der Waals surface area contributed by atoms with Crippen molar-refractivity contribution in [2.45, 2.75) is 39.6 Å². The number of aliphatic imine (C=N–C) groups is 2. The Morgan fingerprint density at radius 1 is 1.39 bits per heavy atom. The van der Waals surface area contributed by atoms with Gasteiger partial charge in [0, 0.05) is 11.4 Å². The summed E-state index contributed by atoms with van der Waals surface area (Å²) >= 11 is 5.60. The van der Waals surface area contributed by atoms with E-state index in [0.717, 1.165) is 0 Å². The first-order valence-corrected chi connectivity index (χ1v) is 7.30. The van der Waals surface area contributed by atoms with E-state index >= 15 is 0 Å². The van der Waals surface area contributed by atoms with E-state index in [1.165, 1.54) is 13.3 Å². The zero-order chi connectivity index (χ0) is 17.5. The molecule has 0 fully saturated rings. The van der Waals surface area contributed by atoms with Crippen molar-refractivity contribution in [2.24, 2.45) is 9.98 Å². The number of carbonyl (C=O) groups is 1. The highest BCUT2D eigenvalue weighted by Crippen LogP contribution is 2.16. The van der Waals surface area contributed by atoms with Gasteiger partial charge in [-0.1, -0.05) is 6.07 Å². The highest BCUT2D eigenvalue weighted by molar-refractivity contribution is 6.65. The predicted molar refractivity (Wildman–Crippen MR) is 92.3 cm³/mol. The number of rotatable bonds is 4. The molecule has 0 saturated carbocycles. The van der Waals surface area contributed by atoms with Crippen molar-refractivity contribution < 1.29 is 13.9 Å². The zero-order valence-corrected chi connectivity index (χ0v) is 14.2. The topological polar surface area (TPSA) is 75.1 Å². The van der Waals surface area contributed by atoms with Gasteiger partial charge >= 0.3 is 6.09 Å². The van der Waals surface area contributed by atoms with Gasteiger partial charge in [-0.15, -0.1) is 0 Å². The summed E-state index contributed by atoms with van der Waals surface area (Å²) in [5.41, 5.74) is 0.630. The fourth-order valence-electron chi connectivity index (χ4n) is 1.45. The van der Waals surface area contributed by atoms with Crippen LogP contribution in [0.4, 0.5) is 20.6 Å². The summed E-state index contributed by atoms with van der Waals surface area (Å²) in [6.45, 7) is 6.59. The SMILES string of the molecule is CC(F)N=C(Cl)N=CNc1cccc(NC(=O)OC(C)(C)C)c1. The van der Waals surface area contributed by atoms with Gasteiger partial charge in [-0.25, -0.2) is 19.2 Å². The van der Waals surface area contributed by atoms with Crippen LogP contribution in [-0.2, 0) is 4.74 Å². The van der Waals surface area contributed by atoms with Gasteiger partial charge < -0.3 is 10.1 Å². The lowest BCUT2D eigenvalue weighted by atomic mass is 10.2. The van der Waals surface area contributed by atoms with Crippen molar-refractivity contribution in [1.82, 2.24) is 0 Å². The Morgan fingerprint density at radius 3 is 2.65 bits per heavy atom. The molecule has 1 rings (SSSR count). The second-order valence-electron chi connectivity index (χ2n) is 5.58. The number of amidine groups is 1. The number of anilines is 2. The fourth-order valence-corrected chi connectivity index (χ4v) is 1.63. The standard InChI is InChI=1S/C15H20ClFN4O2/c1-10(17)20-13(16)19-9-18-11-6-5-7-12(8-11)21-14(22)23-15(2,3)4/h5-10H,1-4H3,(H,21,22)(H,18,19,20). The molecule has 8 heteroatoms. The molecule has 0 saturated heterocycles. The molecule has 1 unspecified atom stereocenters. The van der Waals surface area contributed by atoms with E-state index in [9.17, 15) is 9.18 Å². The summed E-state index contributed by atoms with van der Waals surface area (Å²) in [6.07, 6.45) is -0.683. The lowest BCUT2D eigenvalue weighted by Gasteiger charge is -2.19. The molecular weight excluding hydrogens is 323 g/mol. The summed E-state index contributed by atoms with van der Waals surface area (Å²) in [6, 6.07) is 6.89. The first-order valence-electron chi connectivity index (χ1n) is 6.92. The van der Waals surface area contributed by atoms with Gasteiger partial charge in [0.2, 0.25) is 5.29 Å². The molecular formula is C15H20ClFN4O2. The van der Waals surface area contributed by atoms with Crippen LogP contribution in [0.5, 0.6) is 0 Å². The maximum atomic E-state index is 12.6. The molecule has 0 radical (unpaired) electrons. The molecule has 0 bridgehead atoms. The molecule has 0 heterocycles. The summed E-state index contributed by atoms with van der Waals surface area (Å²) in [4.78, 5) is 18.8. The number of amides is 1. The first kappa shape index (κ1) is 18.9. The van der Waals surface area contributed by atoms with Crippen LogP contribution >= 0.6 is 11.6 Å². The Balaban J connectivity index is 2.63. The minimum absolute atomic E-state index is 0.199. The second-order valence-corrected chi connectivity index (χ2v) is 5.92. The number of nitrogens with one attached hydrogen (secondary N) is 2. The van der Waals surface area contributed by atoms with Crippen LogP contribution in [0, 0.1) is 0 Å².